The van der Waals surface area contributed by atoms with E-state index in [1.165, 1.54) is 13.0 Å². The van der Waals surface area contributed by atoms with Crippen LogP contribution in [0, 0.1) is 11.3 Å². The first-order valence-electron chi connectivity index (χ1n) is 6.51. The molecule has 0 radical (unpaired) electrons. The number of Topliss-reactive ketones (excluding diaryl/α,β-unsaturated/α-hetero) is 2. The van der Waals surface area contributed by atoms with E-state index in [2.05, 4.69) is 0 Å². The second-order valence-corrected chi connectivity index (χ2v) is 6.49. The van der Waals surface area contributed by atoms with Gasteiger partial charge in [-0.15, -0.1) is 0 Å². The highest BCUT2D eigenvalue weighted by atomic mass is 16.7. The van der Waals surface area contributed by atoms with Crippen LogP contribution in [0.5, 0.6) is 0 Å². The molecule has 1 saturated heterocycles. The Bertz CT molecular complexity index is 520. The van der Waals surface area contributed by atoms with E-state index in [-0.39, 0.29) is 23.7 Å². The average Bonchev–Trinajstić information content (AvgIpc) is 2.97. The standard InChI is InChI=1S/C14H18O5/c1-7(15)4-8-5-10(16)13-6-9(13)12(2,3)19-14(13,18)11(8)17/h5,9-10,16,18H,4,6H2,1-3H3/t9-,10+,13+,14-/m1/s1. The first-order chi connectivity index (χ1) is 8.65. The largest absolute Gasteiger partial charge is 0.388 e. The third-order valence-corrected chi connectivity index (χ3v) is 4.81. The topological polar surface area (TPSA) is 83.8 Å². The minimum absolute atomic E-state index is 0.0425. The van der Waals surface area contributed by atoms with Crippen LogP contribution in [0.15, 0.2) is 11.6 Å². The van der Waals surface area contributed by atoms with Gasteiger partial charge in [-0.1, -0.05) is 0 Å². The van der Waals surface area contributed by atoms with Gasteiger partial charge in [0.1, 0.15) is 5.78 Å². The van der Waals surface area contributed by atoms with Crippen molar-refractivity contribution in [1.82, 2.24) is 0 Å². The molecule has 1 spiro atoms. The molecule has 104 valence electrons. The molecule has 2 N–H and O–H groups in total. The normalized spacial score (nSPS) is 46.4. The second-order valence-electron chi connectivity index (χ2n) is 6.49. The van der Waals surface area contributed by atoms with Crippen LogP contribution in [-0.4, -0.2) is 39.3 Å². The van der Waals surface area contributed by atoms with Crippen molar-refractivity contribution in [2.75, 3.05) is 0 Å². The summed E-state index contributed by atoms with van der Waals surface area (Å²) in [7, 11) is 0. The number of aliphatic hydroxyl groups excluding tert-OH is 1. The molecule has 4 atom stereocenters. The van der Waals surface area contributed by atoms with Gasteiger partial charge in [-0.25, -0.2) is 0 Å². The predicted octanol–water partition coefficient (Wildman–Crippen LogP) is 0.339. The number of hydrogen-bond donors (Lipinski definition) is 2. The molecule has 5 heteroatoms. The monoisotopic (exact) mass is 266 g/mol. The molecule has 3 aliphatic rings. The van der Waals surface area contributed by atoms with Crippen LogP contribution in [0.25, 0.3) is 0 Å². The molecule has 0 aromatic heterocycles. The van der Waals surface area contributed by atoms with E-state index in [0.29, 0.717) is 6.42 Å². The predicted molar refractivity (Wildman–Crippen MR) is 65.0 cm³/mol. The summed E-state index contributed by atoms with van der Waals surface area (Å²) in [6.07, 6.45) is 0.954. The summed E-state index contributed by atoms with van der Waals surface area (Å²) < 4.78 is 5.58. The van der Waals surface area contributed by atoms with Crippen molar-refractivity contribution in [3.63, 3.8) is 0 Å². The van der Waals surface area contributed by atoms with Gasteiger partial charge in [0.05, 0.1) is 17.1 Å². The highest BCUT2D eigenvalue weighted by Crippen LogP contribution is 2.74. The van der Waals surface area contributed by atoms with E-state index >= 15 is 0 Å². The maximum Gasteiger partial charge on any atom is 0.240 e. The number of aliphatic hydroxyl groups is 2. The fraction of sp³-hybridized carbons (Fsp3) is 0.714. The summed E-state index contributed by atoms with van der Waals surface area (Å²) in [6.45, 7) is 5.00. The summed E-state index contributed by atoms with van der Waals surface area (Å²) in [5.41, 5.74) is -1.42. The number of ether oxygens (including phenoxy) is 1. The molecule has 0 amide bonds. The molecule has 0 unspecified atom stereocenters. The maximum absolute atomic E-state index is 12.4. The molecular formula is C14H18O5. The Kier molecular flexibility index (Phi) is 2.28. The third kappa shape index (κ3) is 1.35. The third-order valence-electron chi connectivity index (χ3n) is 4.81. The van der Waals surface area contributed by atoms with E-state index in [1.54, 1.807) is 0 Å². The average molecular weight is 266 g/mol. The van der Waals surface area contributed by atoms with Crippen LogP contribution in [0.3, 0.4) is 0 Å². The van der Waals surface area contributed by atoms with Crippen molar-refractivity contribution >= 4 is 11.6 Å². The zero-order chi connectivity index (χ0) is 14.2. The minimum atomic E-state index is -1.99. The first kappa shape index (κ1) is 13.0. The molecule has 19 heavy (non-hydrogen) atoms. The van der Waals surface area contributed by atoms with Crippen molar-refractivity contribution < 1.29 is 24.5 Å². The Morgan fingerprint density at radius 2 is 2.16 bits per heavy atom. The van der Waals surface area contributed by atoms with Crippen LogP contribution >= 0.6 is 0 Å². The van der Waals surface area contributed by atoms with Crippen molar-refractivity contribution in [3.8, 4) is 0 Å². The lowest BCUT2D eigenvalue weighted by molar-refractivity contribution is -0.250. The molecule has 1 heterocycles. The SMILES string of the molecule is CC(=O)CC1=C[C@H](O)[C@]23C[C@@H]2C(C)(C)O[C@]3(O)C1=O. The van der Waals surface area contributed by atoms with Crippen molar-refractivity contribution in [2.24, 2.45) is 11.3 Å². The fourth-order valence-corrected chi connectivity index (χ4v) is 3.89. The number of hydrogen-bond acceptors (Lipinski definition) is 5. The number of carbonyl (C=O) groups excluding carboxylic acids is 2. The van der Waals surface area contributed by atoms with E-state index in [1.807, 2.05) is 13.8 Å². The number of ketones is 2. The highest BCUT2D eigenvalue weighted by Gasteiger charge is 2.84. The summed E-state index contributed by atoms with van der Waals surface area (Å²) in [5.74, 6) is -2.78. The molecular weight excluding hydrogens is 248 g/mol. The molecule has 1 aliphatic heterocycles. The molecule has 0 aromatic carbocycles. The van der Waals surface area contributed by atoms with Crippen molar-refractivity contribution in [2.45, 2.75) is 51.1 Å². The quantitative estimate of drug-likeness (QED) is 0.753. The van der Waals surface area contributed by atoms with Crippen LogP contribution in [0.1, 0.15) is 33.6 Å². The summed E-state index contributed by atoms with van der Waals surface area (Å²) in [6, 6.07) is 0. The van der Waals surface area contributed by atoms with Gasteiger partial charge in [-0.2, -0.15) is 0 Å². The number of rotatable bonds is 2. The molecule has 2 aliphatic carbocycles. The van der Waals surface area contributed by atoms with E-state index in [9.17, 15) is 19.8 Å². The Balaban J connectivity index is 2.05. The molecule has 1 saturated carbocycles. The Labute approximate surface area is 111 Å². The van der Waals surface area contributed by atoms with Gasteiger partial charge in [0.25, 0.3) is 0 Å². The Hall–Kier alpha value is -1.04. The van der Waals surface area contributed by atoms with Gasteiger partial charge in [0.15, 0.2) is 0 Å². The second kappa shape index (κ2) is 3.34. The molecule has 2 fully saturated rings. The van der Waals surface area contributed by atoms with Gasteiger partial charge in [-0.05, 0) is 33.3 Å². The lowest BCUT2D eigenvalue weighted by Crippen LogP contribution is -2.56. The molecule has 0 aromatic rings. The summed E-state index contributed by atoms with van der Waals surface area (Å²) in [4.78, 5) is 23.6. The summed E-state index contributed by atoms with van der Waals surface area (Å²) >= 11 is 0. The zero-order valence-corrected chi connectivity index (χ0v) is 11.3. The maximum atomic E-state index is 12.4. The molecule has 0 bridgehead atoms. The van der Waals surface area contributed by atoms with Crippen molar-refractivity contribution in [3.05, 3.63) is 11.6 Å². The Morgan fingerprint density at radius 1 is 1.53 bits per heavy atom. The first-order valence-corrected chi connectivity index (χ1v) is 6.51. The van der Waals surface area contributed by atoms with Crippen LogP contribution < -0.4 is 0 Å². The lowest BCUT2D eigenvalue weighted by Gasteiger charge is -2.38. The van der Waals surface area contributed by atoms with E-state index in [4.69, 9.17) is 4.74 Å². The Morgan fingerprint density at radius 3 is 2.68 bits per heavy atom. The molecule has 3 rings (SSSR count). The van der Waals surface area contributed by atoms with Crippen molar-refractivity contribution in [1.29, 1.82) is 0 Å². The zero-order valence-electron chi connectivity index (χ0n) is 11.3. The van der Waals surface area contributed by atoms with Gasteiger partial charge in [0.2, 0.25) is 11.6 Å². The van der Waals surface area contributed by atoms with Crippen LogP contribution in [0.2, 0.25) is 0 Å². The van der Waals surface area contributed by atoms with Gasteiger partial charge in [-0.3, -0.25) is 9.59 Å². The minimum Gasteiger partial charge on any atom is -0.388 e. The lowest BCUT2D eigenvalue weighted by atomic mass is 9.75. The van der Waals surface area contributed by atoms with Gasteiger partial charge < -0.3 is 14.9 Å². The number of carbonyl (C=O) groups is 2. The van der Waals surface area contributed by atoms with E-state index < -0.39 is 28.7 Å². The highest BCUT2D eigenvalue weighted by molar-refractivity contribution is 6.06. The van der Waals surface area contributed by atoms with Gasteiger partial charge in [0, 0.05) is 17.9 Å². The van der Waals surface area contributed by atoms with Crippen LogP contribution in [0.4, 0.5) is 0 Å². The summed E-state index contributed by atoms with van der Waals surface area (Å²) in [5, 5.41) is 21.0. The fourth-order valence-electron chi connectivity index (χ4n) is 3.89. The van der Waals surface area contributed by atoms with E-state index in [0.717, 1.165) is 0 Å². The van der Waals surface area contributed by atoms with Crippen LogP contribution in [-0.2, 0) is 14.3 Å². The van der Waals surface area contributed by atoms with Gasteiger partial charge >= 0.3 is 0 Å². The molecule has 5 nitrogen and oxygen atoms in total. The smallest absolute Gasteiger partial charge is 0.240 e.